The fourth-order valence-electron chi connectivity index (χ4n) is 2.17. The highest BCUT2D eigenvalue weighted by atomic mass is 35.5. The second-order valence-corrected chi connectivity index (χ2v) is 6.77. The summed E-state index contributed by atoms with van der Waals surface area (Å²) in [6.45, 7) is 3.54. The van der Waals surface area contributed by atoms with Crippen LogP contribution in [0.1, 0.15) is 25.3 Å². The summed E-state index contributed by atoms with van der Waals surface area (Å²) >= 11 is 12.1. The van der Waals surface area contributed by atoms with Crippen molar-refractivity contribution in [3.05, 3.63) is 39.8 Å². The first-order valence-electron chi connectivity index (χ1n) is 7.89. The standard InChI is InChI=1S/C17H18Cl2FN3O4/c1-7(2)9-5-8(3-4-11(9)24)27-14-12(18)15(20)23-16(13(14)19)22-6-10(21)17(25)26/h3-5,7,10,24H,6,21H2,1-2H3,(H,22,23)(H,25,26). The summed E-state index contributed by atoms with van der Waals surface area (Å²) in [5, 5.41) is 20.7. The number of phenols is 1. The number of carbonyl (C=O) groups is 1. The molecule has 146 valence electrons. The molecule has 1 atom stereocenters. The van der Waals surface area contributed by atoms with E-state index < -0.39 is 23.0 Å². The van der Waals surface area contributed by atoms with Crippen molar-refractivity contribution in [3.8, 4) is 17.2 Å². The minimum absolute atomic E-state index is 0.0170. The van der Waals surface area contributed by atoms with E-state index in [1.165, 1.54) is 12.1 Å². The highest BCUT2D eigenvalue weighted by molar-refractivity contribution is 6.38. The number of hydrogen-bond donors (Lipinski definition) is 4. The molecule has 2 aromatic rings. The molecule has 7 nitrogen and oxygen atoms in total. The lowest BCUT2D eigenvalue weighted by Gasteiger charge is -2.16. The van der Waals surface area contributed by atoms with E-state index in [0.29, 0.717) is 5.56 Å². The Hall–Kier alpha value is -2.29. The molecule has 0 aliphatic rings. The first-order chi connectivity index (χ1) is 12.6. The number of aromatic nitrogens is 1. The third-order valence-electron chi connectivity index (χ3n) is 3.65. The van der Waals surface area contributed by atoms with Gasteiger partial charge in [0.25, 0.3) is 0 Å². The van der Waals surface area contributed by atoms with Gasteiger partial charge in [0.05, 0.1) is 0 Å². The second-order valence-electron chi connectivity index (χ2n) is 6.01. The summed E-state index contributed by atoms with van der Waals surface area (Å²) in [6.07, 6.45) is 0. The minimum atomic E-state index is -1.24. The molecule has 0 amide bonds. The van der Waals surface area contributed by atoms with Crippen molar-refractivity contribution in [2.75, 3.05) is 11.9 Å². The number of phenolic OH excluding ortho intramolecular Hbond substituents is 1. The van der Waals surface area contributed by atoms with E-state index in [0.717, 1.165) is 0 Å². The van der Waals surface area contributed by atoms with Crippen molar-refractivity contribution in [1.82, 2.24) is 4.98 Å². The van der Waals surface area contributed by atoms with Crippen molar-refractivity contribution in [2.24, 2.45) is 5.73 Å². The maximum atomic E-state index is 14.1. The zero-order valence-corrected chi connectivity index (χ0v) is 16.0. The third-order valence-corrected chi connectivity index (χ3v) is 4.32. The molecule has 0 radical (unpaired) electrons. The van der Waals surface area contributed by atoms with Gasteiger partial charge in [0.15, 0.2) is 11.6 Å². The minimum Gasteiger partial charge on any atom is -0.508 e. The van der Waals surface area contributed by atoms with Crippen molar-refractivity contribution in [1.29, 1.82) is 0 Å². The molecule has 0 spiro atoms. The predicted molar refractivity (Wildman–Crippen MR) is 101 cm³/mol. The number of halogens is 3. The molecule has 0 bridgehead atoms. The van der Waals surface area contributed by atoms with Crippen LogP contribution in [-0.2, 0) is 4.79 Å². The van der Waals surface area contributed by atoms with Crippen LogP contribution in [0.5, 0.6) is 17.2 Å². The Kier molecular flexibility index (Phi) is 6.69. The van der Waals surface area contributed by atoms with E-state index in [4.69, 9.17) is 38.8 Å². The van der Waals surface area contributed by atoms with Gasteiger partial charge in [-0.1, -0.05) is 37.0 Å². The number of hydrogen-bond acceptors (Lipinski definition) is 6. The van der Waals surface area contributed by atoms with Crippen LogP contribution < -0.4 is 15.8 Å². The van der Waals surface area contributed by atoms with Gasteiger partial charge in [-0.25, -0.2) is 0 Å². The van der Waals surface area contributed by atoms with Gasteiger partial charge in [-0.3, -0.25) is 4.79 Å². The molecule has 0 aliphatic carbocycles. The molecule has 1 aromatic carbocycles. The lowest BCUT2D eigenvalue weighted by atomic mass is 10.0. The molecule has 0 saturated heterocycles. The van der Waals surface area contributed by atoms with Gasteiger partial charge >= 0.3 is 5.97 Å². The SMILES string of the molecule is CC(C)c1cc(Oc2c(Cl)c(F)nc(NCC(N)C(=O)O)c2Cl)ccc1O. The predicted octanol–water partition coefficient (Wildman–Crippen LogP) is 3.97. The highest BCUT2D eigenvalue weighted by Gasteiger charge is 2.21. The molecule has 1 aromatic heterocycles. The summed E-state index contributed by atoms with van der Waals surface area (Å²) in [7, 11) is 0. The number of nitrogens with zero attached hydrogens (tertiary/aromatic N) is 1. The summed E-state index contributed by atoms with van der Waals surface area (Å²) in [5.74, 6) is -2.26. The van der Waals surface area contributed by atoms with E-state index in [9.17, 15) is 14.3 Å². The third kappa shape index (κ3) is 4.91. The summed E-state index contributed by atoms with van der Waals surface area (Å²) in [6, 6.07) is 3.25. The van der Waals surface area contributed by atoms with E-state index in [-0.39, 0.29) is 40.6 Å². The number of carboxylic acid groups (broad SMARTS) is 1. The molecule has 5 N–H and O–H groups in total. The summed E-state index contributed by atoms with van der Waals surface area (Å²) in [5.41, 5.74) is 6.02. The van der Waals surface area contributed by atoms with E-state index in [1.54, 1.807) is 6.07 Å². The van der Waals surface area contributed by atoms with Gasteiger partial charge in [0, 0.05) is 12.1 Å². The summed E-state index contributed by atoms with van der Waals surface area (Å²) < 4.78 is 19.7. The van der Waals surface area contributed by atoms with Crippen LogP contribution in [0.2, 0.25) is 10.0 Å². The Morgan fingerprint density at radius 2 is 2.04 bits per heavy atom. The first-order valence-corrected chi connectivity index (χ1v) is 8.64. The molecule has 0 aliphatic heterocycles. The van der Waals surface area contributed by atoms with Crippen LogP contribution in [-0.4, -0.2) is 33.8 Å². The fraction of sp³-hybridized carbons (Fsp3) is 0.294. The van der Waals surface area contributed by atoms with Crippen LogP contribution in [0.4, 0.5) is 10.2 Å². The average Bonchev–Trinajstić information content (AvgIpc) is 2.61. The number of anilines is 1. The van der Waals surface area contributed by atoms with Crippen molar-refractivity contribution in [3.63, 3.8) is 0 Å². The molecular formula is C17H18Cl2FN3O4. The van der Waals surface area contributed by atoms with E-state index >= 15 is 0 Å². The van der Waals surface area contributed by atoms with Gasteiger partial charge < -0.3 is 26.0 Å². The molecular weight excluding hydrogens is 400 g/mol. The topological polar surface area (TPSA) is 118 Å². The van der Waals surface area contributed by atoms with Gasteiger partial charge in [-0.05, 0) is 24.1 Å². The molecule has 1 unspecified atom stereocenters. The Labute approximate surface area is 164 Å². The number of aliphatic carboxylic acids is 1. The average molecular weight is 418 g/mol. The van der Waals surface area contributed by atoms with Crippen molar-refractivity contribution in [2.45, 2.75) is 25.8 Å². The van der Waals surface area contributed by atoms with Gasteiger partial charge in [-0.15, -0.1) is 0 Å². The molecule has 0 fully saturated rings. The van der Waals surface area contributed by atoms with Gasteiger partial charge in [0.1, 0.15) is 27.6 Å². The number of carboxylic acids is 1. The number of aromatic hydroxyl groups is 1. The Morgan fingerprint density at radius 1 is 1.37 bits per heavy atom. The Balaban J connectivity index is 2.36. The van der Waals surface area contributed by atoms with Crippen LogP contribution in [0, 0.1) is 5.95 Å². The lowest BCUT2D eigenvalue weighted by Crippen LogP contribution is -2.37. The number of ether oxygens (including phenoxy) is 1. The van der Waals surface area contributed by atoms with Crippen LogP contribution >= 0.6 is 23.2 Å². The van der Waals surface area contributed by atoms with E-state index in [2.05, 4.69) is 10.3 Å². The zero-order valence-electron chi connectivity index (χ0n) is 14.5. The highest BCUT2D eigenvalue weighted by Crippen LogP contribution is 2.42. The Bertz CT molecular complexity index is 865. The number of nitrogens with two attached hydrogens (primary N) is 1. The quantitative estimate of drug-likeness (QED) is 0.503. The smallest absolute Gasteiger partial charge is 0.322 e. The van der Waals surface area contributed by atoms with E-state index in [1.807, 2.05) is 13.8 Å². The van der Waals surface area contributed by atoms with Crippen LogP contribution in [0.25, 0.3) is 0 Å². The molecule has 1 heterocycles. The number of rotatable bonds is 7. The van der Waals surface area contributed by atoms with Crippen molar-refractivity contribution >= 4 is 35.0 Å². The number of pyridine rings is 1. The Morgan fingerprint density at radius 3 is 2.63 bits per heavy atom. The van der Waals surface area contributed by atoms with Gasteiger partial charge in [0.2, 0.25) is 5.95 Å². The molecule has 27 heavy (non-hydrogen) atoms. The van der Waals surface area contributed by atoms with Crippen LogP contribution in [0.15, 0.2) is 18.2 Å². The maximum absolute atomic E-state index is 14.1. The molecule has 0 saturated carbocycles. The largest absolute Gasteiger partial charge is 0.508 e. The first kappa shape index (κ1) is 21.0. The number of benzene rings is 1. The van der Waals surface area contributed by atoms with Crippen LogP contribution in [0.3, 0.4) is 0 Å². The number of nitrogens with one attached hydrogen (secondary N) is 1. The lowest BCUT2D eigenvalue weighted by molar-refractivity contribution is -0.138. The normalized spacial score (nSPS) is 12.1. The fourth-order valence-corrected chi connectivity index (χ4v) is 2.64. The summed E-state index contributed by atoms with van der Waals surface area (Å²) in [4.78, 5) is 14.3. The monoisotopic (exact) mass is 417 g/mol. The maximum Gasteiger partial charge on any atom is 0.322 e. The molecule has 10 heteroatoms. The molecule has 2 rings (SSSR count). The zero-order chi connectivity index (χ0) is 20.3. The van der Waals surface area contributed by atoms with Crippen molar-refractivity contribution < 1.29 is 24.1 Å². The second kappa shape index (κ2) is 8.60. The van der Waals surface area contributed by atoms with Gasteiger partial charge in [-0.2, -0.15) is 9.37 Å².